The summed E-state index contributed by atoms with van der Waals surface area (Å²) in [5, 5.41) is 11.8. The average Bonchev–Trinajstić information content (AvgIpc) is 2.43. The number of likely N-dealkylation sites (tertiary alicyclic amines) is 1. The Morgan fingerprint density at radius 2 is 1.89 bits per heavy atom. The second-order valence-electron chi connectivity index (χ2n) is 5.45. The maximum Gasteiger partial charge on any atom is 0.142 e. The fourth-order valence-electron chi connectivity index (χ4n) is 2.79. The molecule has 0 bridgehead atoms. The van der Waals surface area contributed by atoms with Crippen LogP contribution in [0.3, 0.4) is 0 Å². The maximum absolute atomic E-state index is 8.71. The number of piperidine rings is 1. The Bertz CT molecular complexity index is 442. The van der Waals surface area contributed by atoms with Crippen LogP contribution in [-0.2, 0) is 6.54 Å². The van der Waals surface area contributed by atoms with E-state index in [0.29, 0.717) is 5.84 Å². The van der Waals surface area contributed by atoms with Crippen LogP contribution in [0, 0.1) is 19.8 Å². The Kier molecular flexibility index (Phi) is 4.43. The van der Waals surface area contributed by atoms with Gasteiger partial charge in [0.15, 0.2) is 0 Å². The van der Waals surface area contributed by atoms with E-state index in [-0.39, 0.29) is 5.92 Å². The molecule has 2 rings (SSSR count). The van der Waals surface area contributed by atoms with Crippen molar-refractivity contribution in [2.45, 2.75) is 33.2 Å². The Morgan fingerprint density at radius 1 is 1.32 bits per heavy atom. The lowest BCUT2D eigenvalue weighted by atomic mass is 9.94. The molecule has 4 nitrogen and oxygen atoms in total. The predicted molar refractivity (Wildman–Crippen MR) is 77.3 cm³/mol. The van der Waals surface area contributed by atoms with Gasteiger partial charge in [0.05, 0.1) is 0 Å². The number of aryl methyl sites for hydroxylation is 2. The van der Waals surface area contributed by atoms with Crippen LogP contribution in [0.2, 0.25) is 0 Å². The number of hydrogen-bond acceptors (Lipinski definition) is 3. The molecule has 0 atom stereocenters. The fraction of sp³-hybridized carbons (Fsp3) is 0.533. The summed E-state index contributed by atoms with van der Waals surface area (Å²) in [6.45, 7) is 7.36. The highest BCUT2D eigenvalue weighted by atomic mass is 16.4. The third-order valence-corrected chi connectivity index (χ3v) is 4.15. The molecule has 1 saturated heterocycles. The molecule has 1 aliphatic heterocycles. The zero-order valence-electron chi connectivity index (χ0n) is 11.8. The Hall–Kier alpha value is -1.55. The minimum absolute atomic E-state index is 0.235. The highest BCUT2D eigenvalue weighted by Crippen LogP contribution is 2.21. The Labute approximate surface area is 114 Å². The molecule has 1 aliphatic rings. The monoisotopic (exact) mass is 261 g/mol. The van der Waals surface area contributed by atoms with Crippen molar-refractivity contribution in [3.05, 3.63) is 34.9 Å². The normalized spacial score (nSPS) is 18.7. The van der Waals surface area contributed by atoms with Gasteiger partial charge < -0.3 is 10.9 Å². The maximum atomic E-state index is 8.71. The van der Waals surface area contributed by atoms with Gasteiger partial charge in [0, 0.05) is 12.5 Å². The number of nitrogens with two attached hydrogens (primary N) is 1. The van der Waals surface area contributed by atoms with Crippen molar-refractivity contribution in [3.8, 4) is 0 Å². The van der Waals surface area contributed by atoms with E-state index in [1.807, 2.05) is 0 Å². The SMILES string of the molecule is Cc1cccc(C)c1CN1CCC(/C(N)=N/O)CC1. The van der Waals surface area contributed by atoms with Crippen LogP contribution in [-0.4, -0.2) is 29.0 Å². The first kappa shape index (κ1) is 13.9. The van der Waals surface area contributed by atoms with Crippen molar-refractivity contribution >= 4 is 5.84 Å². The van der Waals surface area contributed by atoms with E-state index in [4.69, 9.17) is 10.9 Å². The minimum atomic E-state index is 0.235. The van der Waals surface area contributed by atoms with Crippen molar-refractivity contribution < 1.29 is 5.21 Å². The van der Waals surface area contributed by atoms with Gasteiger partial charge in [-0.25, -0.2) is 0 Å². The summed E-state index contributed by atoms with van der Waals surface area (Å²) in [6.07, 6.45) is 1.95. The van der Waals surface area contributed by atoms with Crippen LogP contribution in [0.4, 0.5) is 0 Å². The van der Waals surface area contributed by atoms with Gasteiger partial charge in [0.1, 0.15) is 5.84 Å². The van der Waals surface area contributed by atoms with Gasteiger partial charge in [-0.05, 0) is 56.5 Å². The molecule has 4 heteroatoms. The summed E-state index contributed by atoms with van der Waals surface area (Å²) in [4.78, 5) is 2.45. The molecule has 0 radical (unpaired) electrons. The summed E-state index contributed by atoms with van der Waals surface area (Å²) >= 11 is 0. The molecule has 0 saturated carbocycles. The summed E-state index contributed by atoms with van der Waals surface area (Å²) < 4.78 is 0. The van der Waals surface area contributed by atoms with Gasteiger partial charge >= 0.3 is 0 Å². The van der Waals surface area contributed by atoms with Crippen LogP contribution in [0.15, 0.2) is 23.4 Å². The van der Waals surface area contributed by atoms with Gasteiger partial charge in [-0.1, -0.05) is 23.4 Å². The zero-order valence-corrected chi connectivity index (χ0v) is 11.8. The van der Waals surface area contributed by atoms with Gasteiger partial charge in [-0.2, -0.15) is 0 Å². The van der Waals surface area contributed by atoms with Crippen molar-refractivity contribution in [1.29, 1.82) is 0 Å². The van der Waals surface area contributed by atoms with Gasteiger partial charge in [-0.3, -0.25) is 4.90 Å². The summed E-state index contributed by atoms with van der Waals surface area (Å²) in [5.41, 5.74) is 9.83. The number of nitrogens with zero attached hydrogens (tertiary/aromatic N) is 2. The lowest BCUT2D eigenvalue weighted by Gasteiger charge is -2.32. The first-order valence-electron chi connectivity index (χ1n) is 6.86. The fourth-order valence-corrected chi connectivity index (χ4v) is 2.79. The van der Waals surface area contributed by atoms with Crippen LogP contribution in [0.1, 0.15) is 29.5 Å². The standard InChI is InChI=1S/C15H23N3O/c1-11-4-3-5-12(2)14(11)10-18-8-6-13(7-9-18)15(16)17-19/h3-5,13,19H,6-10H2,1-2H3,(H2,16,17). The highest BCUT2D eigenvalue weighted by Gasteiger charge is 2.22. The molecule has 1 fully saturated rings. The summed E-state index contributed by atoms with van der Waals surface area (Å²) in [5.74, 6) is 0.617. The van der Waals surface area contributed by atoms with Gasteiger partial charge in [-0.15, -0.1) is 0 Å². The smallest absolute Gasteiger partial charge is 0.142 e. The van der Waals surface area contributed by atoms with E-state index < -0.39 is 0 Å². The lowest BCUT2D eigenvalue weighted by molar-refractivity contribution is 0.198. The largest absolute Gasteiger partial charge is 0.409 e. The molecular weight excluding hydrogens is 238 g/mol. The first-order chi connectivity index (χ1) is 9.11. The van der Waals surface area contributed by atoms with Gasteiger partial charge in [0.2, 0.25) is 0 Å². The number of benzene rings is 1. The predicted octanol–water partition coefficient (Wildman–Crippen LogP) is 2.26. The number of amidine groups is 1. The third kappa shape index (κ3) is 3.26. The molecule has 0 aromatic heterocycles. The van der Waals surface area contributed by atoms with Crippen LogP contribution in [0.25, 0.3) is 0 Å². The molecular formula is C15H23N3O. The van der Waals surface area contributed by atoms with Crippen molar-refractivity contribution in [2.24, 2.45) is 16.8 Å². The number of hydrogen-bond donors (Lipinski definition) is 2. The first-order valence-corrected chi connectivity index (χ1v) is 6.86. The minimum Gasteiger partial charge on any atom is -0.409 e. The van der Waals surface area contributed by atoms with E-state index in [1.54, 1.807) is 0 Å². The van der Waals surface area contributed by atoms with E-state index in [2.05, 4.69) is 42.1 Å². The third-order valence-electron chi connectivity index (χ3n) is 4.15. The molecule has 0 spiro atoms. The van der Waals surface area contributed by atoms with Gasteiger partial charge in [0.25, 0.3) is 0 Å². The molecule has 3 N–H and O–H groups in total. The molecule has 1 aromatic carbocycles. The number of rotatable bonds is 3. The molecule has 0 unspecified atom stereocenters. The van der Waals surface area contributed by atoms with E-state index in [1.165, 1.54) is 16.7 Å². The molecule has 1 aromatic rings. The highest BCUT2D eigenvalue weighted by molar-refractivity contribution is 5.82. The molecule has 1 heterocycles. The lowest BCUT2D eigenvalue weighted by Crippen LogP contribution is -2.38. The Morgan fingerprint density at radius 3 is 2.42 bits per heavy atom. The molecule has 0 aliphatic carbocycles. The Balaban J connectivity index is 1.96. The van der Waals surface area contributed by atoms with Crippen molar-refractivity contribution in [1.82, 2.24) is 4.90 Å². The van der Waals surface area contributed by atoms with Crippen molar-refractivity contribution in [3.63, 3.8) is 0 Å². The second-order valence-corrected chi connectivity index (χ2v) is 5.45. The second kappa shape index (κ2) is 6.06. The van der Waals surface area contributed by atoms with E-state index in [9.17, 15) is 0 Å². The van der Waals surface area contributed by atoms with Crippen LogP contribution < -0.4 is 5.73 Å². The zero-order chi connectivity index (χ0) is 13.8. The topological polar surface area (TPSA) is 61.8 Å². The average molecular weight is 261 g/mol. The van der Waals surface area contributed by atoms with Crippen molar-refractivity contribution in [2.75, 3.05) is 13.1 Å². The van der Waals surface area contributed by atoms with E-state index in [0.717, 1.165) is 32.5 Å². The molecule has 104 valence electrons. The molecule has 19 heavy (non-hydrogen) atoms. The summed E-state index contributed by atoms with van der Waals surface area (Å²) in [7, 11) is 0. The summed E-state index contributed by atoms with van der Waals surface area (Å²) in [6, 6.07) is 6.45. The van der Waals surface area contributed by atoms with E-state index >= 15 is 0 Å². The quantitative estimate of drug-likeness (QED) is 0.380. The molecule has 0 amide bonds. The van der Waals surface area contributed by atoms with Crippen LogP contribution >= 0.6 is 0 Å². The van der Waals surface area contributed by atoms with Crippen LogP contribution in [0.5, 0.6) is 0 Å². The number of oxime groups is 1.